The van der Waals surface area contributed by atoms with Gasteiger partial charge < -0.3 is 0 Å². The lowest BCUT2D eigenvalue weighted by Crippen LogP contribution is -2.33. The summed E-state index contributed by atoms with van der Waals surface area (Å²) < 4.78 is 0. The fourth-order valence-corrected chi connectivity index (χ4v) is 4.06. The molecule has 0 radical (unpaired) electrons. The second kappa shape index (κ2) is 3.63. The molecule has 2 unspecified atom stereocenters. The molecule has 2 saturated carbocycles. The monoisotopic (exact) mass is 180 g/mol. The molecule has 0 N–H and O–H groups in total. The molecule has 2 bridgehead atoms. The molecule has 2 fully saturated rings. The van der Waals surface area contributed by atoms with Gasteiger partial charge in [-0.2, -0.15) is 0 Å². The molecule has 0 heterocycles. The highest BCUT2D eigenvalue weighted by molar-refractivity contribution is 4.89. The maximum absolute atomic E-state index is 2.54. The number of rotatable bonds is 2. The van der Waals surface area contributed by atoms with Gasteiger partial charge in [0, 0.05) is 0 Å². The normalized spacial score (nSPS) is 44.8. The van der Waals surface area contributed by atoms with Gasteiger partial charge in [0.1, 0.15) is 0 Å². The van der Waals surface area contributed by atoms with E-state index in [4.69, 9.17) is 0 Å². The molecule has 0 heteroatoms. The van der Waals surface area contributed by atoms with E-state index in [0.717, 1.165) is 17.3 Å². The van der Waals surface area contributed by atoms with Crippen LogP contribution in [0.25, 0.3) is 0 Å². The van der Waals surface area contributed by atoms with Gasteiger partial charge in [0.15, 0.2) is 0 Å². The second-order valence-corrected chi connectivity index (χ2v) is 5.87. The minimum Gasteiger partial charge on any atom is -0.0654 e. The van der Waals surface area contributed by atoms with Crippen LogP contribution < -0.4 is 0 Å². The first-order valence-corrected chi connectivity index (χ1v) is 6.22. The van der Waals surface area contributed by atoms with Crippen LogP contribution in [0, 0.1) is 17.3 Å². The molecule has 0 aromatic rings. The van der Waals surface area contributed by atoms with Crippen molar-refractivity contribution in [2.75, 3.05) is 0 Å². The van der Waals surface area contributed by atoms with E-state index >= 15 is 0 Å². The molecule has 2 rings (SSSR count). The average molecular weight is 180 g/mol. The molecule has 76 valence electrons. The van der Waals surface area contributed by atoms with Crippen molar-refractivity contribution in [2.24, 2.45) is 17.3 Å². The van der Waals surface area contributed by atoms with Crippen molar-refractivity contribution in [3.8, 4) is 0 Å². The van der Waals surface area contributed by atoms with Crippen molar-refractivity contribution in [1.82, 2.24) is 0 Å². The Hall–Kier alpha value is 0. The largest absolute Gasteiger partial charge is 0.0654 e. The summed E-state index contributed by atoms with van der Waals surface area (Å²) in [6.07, 6.45) is 12.1. The second-order valence-electron chi connectivity index (χ2n) is 5.87. The topological polar surface area (TPSA) is 0 Å². The van der Waals surface area contributed by atoms with Gasteiger partial charge in [0.05, 0.1) is 0 Å². The van der Waals surface area contributed by atoms with Crippen LogP contribution in [-0.2, 0) is 0 Å². The van der Waals surface area contributed by atoms with Gasteiger partial charge in [0.25, 0.3) is 0 Å². The van der Waals surface area contributed by atoms with Crippen molar-refractivity contribution in [1.29, 1.82) is 0 Å². The molecule has 2 atom stereocenters. The first-order valence-electron chi connectivity index (χ1n) is 6.22. The number of hydrogen-bond acceptors (Lipinski definition) is 0. The molecule has 13 heavy (non-hydrogen) atoms. The minimum absolute atomic E-state index is 0.725. The van der Waals surface area contributed by atoms with E-state index in [1.165, 1.54) is 44.9 Å². The van der Waals surface area contributed by atoms with Gasteiger partial charge in [-0.3, -0.25) is 0 Å². The van der Waals surface area contributed by atoms with Crippen molar-refractivity contribution < 1.29 is 0 Å². The Kier molecular flexibility index (Phi) is 2.67. The summed E-state index contributed by atoms with van der Waals surface area (Å²) in [5, 5.41) is 0. The van der Waals surface area contributed by atoms with Gasteiger partial charge in [-0.15, -0.1) is 0 Å². The van der Waals surface area contributed by atoms with Crippen molar-refractivity contribution in [3.63, 3.8) is 0 Å². The van der Waals surface area contributed by atoms with Crippen LogP contribution in [-0.4, -0.2) is 0 Å². The molecule has 0 nitrogen and oxygen atoms in total. The minimum atomic E-state index is 0.725. The zero-order valence-electron chi connectivity index (χ0n) is 9.31. The highest BCUT2D eigenvalue weighted by atomic mass is 14.4. The predicted octanol–water partition coefficient (Wildman–Crippen LogP) is 4.39. The highest BCUT2D eigenvalue weighted by Crippen LogP contribution is 2.50. The standard InChI is InChI=1S/C13H24/c1-3-7-13(2)9-11-5-4-6-12(8-11)10-13/h11-12H,3-10H2,1-2H3. The molecule has 2 aliphatic carbocycles. The van der Waals surface area contributed by atoms with Crippen LogP contribution in [0.5, 0.6) is 0 Å². The van der Waals surface area contributed by atoms with Gasteiger partial charge in [0.2, 0.25) is 0 Å². The summed E-state index contributed by atoms with van der Waals surface area (Å²) in [4.78, 5) is 0. The smallest absolute Gasteiger partial charge is 0.0321 e. The van der Waals surface area contributed by atoms with E-state index in [1.807, 2.05) is 0 Å². The van der Waals surface area contributed by atoms with Gasteiger partial charge in [-0.25, -0.2) is 0 Å². The van der Waals surface area contributed by atoms with E-state index in [1.54, 1.807) is 6.42 Å². The molecule has 0 saturated heterocycles. The lowest BCUT2D eigenvalue weighted by Gasteiger charge is -2.45. The van der Waals surface area contributed by atoms with Crippen molar-refractivity contribution >= 4 is 0 Å². The van der Waals surface area contributed by atoms with E-state index < -0.39 is 0 Å². The highest BCUT2D eigenvalue weighted by Gasteiger charge is 2.38. The average Bonchev–Trinajstić information content (AvgIpc) is 2.02. The molecular weight excluding hydrogens is 156 g/mol. The predicted molar refractivity (Wildman–Crippen MR) is 57.7 cm³/mol. The zero-order chi connectivity index (χ0) is 9.31. The van der Waals surface area contributed by atoms with Gasteiger partial charge >= 0.3 is 0 Å². The van der Waals surface area contributed by atoms with Crippen molar-refractivity contribution in [3.05, 3.63) is 0 Å². The Bertz CT molecular complexity index is 159. The summed E-state index contributed by atoms with van der Waals surface area (Å²) in [6, 6.07) is 0. The van der Waals surface area contributed by atoms with Crippen LogP contribution in [0.15, 0.2) is 0 Å². The quantitative estimate of drug-likeness (QED) is 0.591. The maximum Gasteiger partial charge on any atom is -0.0321 e. The first kappa shape index (κ1) is 9.55. The third kappa shape index (κ3) is 2.08. The van der Waals surface area contributed by atoms with Gasteiger partial charge in [-0.05, 0) is 42.9 Å². The Morgan fingerprint density at radius 1 is 1.15 bits per heavy atom. The molecule has 0 aromatic carbocycles. The molecule has 0 amide bonds. The molecule has 0 aromatic heterocycles. The Balaban J connectivity index is 2.00. The third-order valence-electron chi connectivity index (χ3n) is 4.31. The Labute approximate surface area is 83.1 Å². The number of fused-ring (bicyclic) bond motifs is 2. The first-order chi connectivity index (χ1) is 6.22. The number of hydrogen-bond donors (Lipinski definition) is 0. The third-order valence-corrected chi connectivity index (χ3v) is 4.31. The fourth-order valence-electron chi connectivity index (χ4n) is 4.06. The van der Waals surface area contributed by atoms with E-state index in [-0.39, 0.29) is 0 Å². The maximum atomic E-state index is 2.54. The van der Waals surface area contributed by atoms with E-state index in [0.29, 0.717) is 0 Å². The van der Waals surface area contributed by atoms with E-state index in [2.05, 4.69) is 13.8 Å². The molecule has 0 aliphatic heterocycles. The summed E-state index contributed by atoms with van der Waals surface area (Å²) in [5.74, 6) is 2.20. The fraction of sp³-hybridized carbons (Fsp3) is 1.00. The van der Waals surface area contributed by atoms with Crippen LogP contribution in [0.4, 0.5) is 0 Å². The summed E-state index contributed by atoms with van der Waals surface area (Å²) in [5.41, 5.74) is 0.725. The zero-order valence-corrected chi connectivity index (χ0v) is 9.31. The van der Waals surface area contributed by atoms with E-state index in [9.17, 15) is 0 Å². The van der Waals surface area contributed by atoms with Crippen LogP contribution >= 0.6 is 0 Å². The van der Waals surface area contributed by atoms with Crippen LogP contribution in [0.3, 0.4) is 0 Å². The van der Waals surface area contributed by atoms with Crippen LogP contribution in [0.1, 0.15) is 65.2 Å². The summed E-state index contributed by atoms with van der Waals surface area (Å²) in [7, 11) is 0. The van der Waals surface area contributed by atoms with Crippen LogP contribution in [0.2, 0.25) is 0 Å². The Morgan fingerprint density at radius 2 is 1.77 bits per heavy atom. The van der Waals surface area contributed by atoms with Crippen molar-refractivity contribution in [2.45, 2.75) is 65.2 Å². The Morgan fingerprint density at radius 3 is 2.31 bits per heavy atom. The molecule has 0 spiro atoms. The summed E-state index contributed by atoms with van der Waals surface area (Å²) >= 11 is 0. The molecular formula is C13H24. The SMILES string of the molecule is CCCC1(C)CC2CCCC(C2)C1. The summed E-state index contributed by atoms with van der Waals surface area (Å²) in [6.45, 7) is 4.89. The lowest BCUT2D eigenvalue weighted by molar-refractivity contribution is 0.0615. The van der Waals surface area contributed by atoms with Gasteiger partial charge in [-0.1, -0.05) is 39.5 Å². The molecule has 2 aliphatic rings. The lowest BCUT2D eigenvalue weighted by atomic mass is 9.60.